The first-order valence-electron chi connectivity index (χ1n) is 6.78. The fraction of sp³-hybridized carbons (Fsp3) is 0.333. The molecule has 1 rings (SSSR count). The van der Waals surface area contributed by atoms with Crippen molar-refractivity contribution in [3.8, 4) is 0 Å². The van der Waals surface area contributed by atoms with Crippen molar-refractivity contribution in [1.29, 1.82) is 0 Å². The highest BCUT2D eigenvalue weighted by atomic mass is 35.5. The van der Waals surface area contributed by atoms with Gasteiger partial charge in [0.05, 0.1) is 0 Å². The van der Waals surface area contributed by atoms with E-state index in [0.29, 0.717) is 24.5 Å². The van der Waals surface area contributed by atoms with Crippen LogP contribution in [0.2, 0.25) is 0 Å². The molecule has 0 saturated carbocycles. The van der Waals surface area contributed by atoms with Gasteiger partial charge in [-0.15, -0.1) is 19.0 Å². The lowest BCUT2D eigenvalue weighted by atomic mass is 10.1. The largest absolute Gasteiger partial charge is 0.334 e. The minimum atomic E-state index is -0.297. The summed E-state index contributed by atoms with van der Waals surface area (Å²) in [7, 11) is 1.81. The maximum atomic E-state index is 11.8. The number of rotatable bonds is 7. The number of carbonyl (C=O) groups excluding carboxylic acids is 2. The van der Waals surface area contributed by atoms with Gasteiger partial charge in [-0.05, 0) is 31.3 Å². The van der Waals surface area contributed by atoms with Crippen molar-refractivity contribution in [2.24, 2.45) is 5.92 Å². The molecule has 0 aliphatic rings. The van der Waals surface area contributed by atoms with Crippen LogP contribution in [-0.2, 0) is 4.79 Å². The zero-order valence-electron chi connectivity index (χ0n) is 12.8. The number of amides is 3. The number of hydrogen-bond donors (Lipinski definition) is 4. The summed E-state index contributed by atoms with van der Waals surface area (Å²) in [5.74, 6) is -0.161. The fourth-order valence-corrected chi connectivity index (χ4v) is 1.64. The number of hydrogen-bond acceptors (Lipinski definition) is 3. The van der Waals surface area contributed by atoms with Crippen LogP contribution in [0.25, 0.3) is 0 Å². The van der Waals surface area contributed by atoms with Crippen molar-refractivity contribution in [3.05, 3.63) is 36.9 Å². The van der Waals surface area contributed by atoms with Crippen LogP contribution in [0.3, 0.4) is 0 Å². The van der Waals surface area contributed by atoms with Crippen LogP contribution in [0.15, 0.2) is 36.9 Å². The van der Waals surface area contributed by atoms with Gasteiger partial charge in [0.2, 0.25) is 5.91 Å². The molecule has 0 aliphatic carbocycles. The van der Waals surface area contributed by atoms with Crippen LogP contribution >= 0.6 is 12.4 Å². The molecule has 1 aromatic rings. The fourth-order valence-electron chi connectivity index (χ4n) is 1.64. The Morgan fingerprint density at radius 3 is 2.23 bits per heavy atom. The maximum Gasteiger partial charge on any atom is 0.319 e. The molecule has 0 spiro atoms. The number of nitrogens with one attached hydrogen (secondary N) is 4. The van der Waals surface area contributed by atoms with Gasteiger partial charge in [-0.1, -0.05) is 13.0 Å². The van der Waals surface area contributed by atoms with E-state index >= 15 is 0 Å². The summed E-state index contributed by atoms with van der Waals surface area (Å²) in [6.45, 7) is 6.40. The SMILES string of the molecule is C=CCNC(=O)Nc1ccc(NC(=O)C(C)CNC)cc1.Cl. The molecule has 1 atom stereocenters. The summed E-state index contributed by atoms with van der Waals surface area (Å²) in [5, 5.41) is 11.1. The summed E-state index contributed by atoms with van der Waals surface area (Å²) in [5.41, 5.74) is 1.35. The molecule has 1 unspecified atom stereocenters. The van der Waals surface area contributed by atoms with Crippen molar-refractivity contribution < 1.29 is 9.59 Å². The molecule has 0 aromatic heterocycles. The third-order valence-corrected chi connectivity index (χ3v) is 2.78. The van der Waals surface area contributed by atoms with Gasteiger partial charge in [-0.2, -0.15) is 0 Å². The second kappa shape index (κ2) is 10.6. The third-order valence-electron chi connectivity index (χ3n) is 2.78. The van der Waals surface area contributed by atoms with Crippen molar-refractivity contribution >= 4 is 35.7 Å². The summed E-state index contributed by atoms with van der Waals surface area (Å²) in [6, 6.07) is 6.65. The van der Waals surface area contributed by atoms with Crippen LogP contribution in [-0.4, -0.2) is 32.1 Å². The smallest absolute Gasteiger partial charge is 0.319 e. The molecule has 122 valence electrons. The predicted molar refractivity (Wildman–Crippen MR) is 92.6 cm³/mol. The highest BCUT2D eigenvalue weighted by Gasteiger charge is 2.11. The van der Waals surface area contributed by atoms with E-state index in [1.807, 2.05) is 14.0 Å². The highest BCUT2D eigenvalue weighted by Crippen LogP contribution is 2.14. The molecule has 1 aromatic carbocycles. The minimum absolute atomic E-state index is 0. The Kier molecular flexibility index (Phi) is 9.65. The first-order chi connectivity index (χ1) is 10.1. The van der Waals surface area contributed by atoms with Gasteiger partial charge in [-0.3, -0.25) is 4.79 Å². The van der Waals surface area contributed by atoms with E-state index in [1.165, 1.54) is 0 Å². The standard InChI is InChI=1S/C15H22N4O2.ClH/c1-4-9-17-15(21)19-13-7-5-12(6-8-13)18-14(20)11(2)10-16-3;/h4-8,11,16H,1,9-10H2,2-3H3,(H,18,20)(H2,17,19,21);1H. The van der Waals surface area contributed by atoms with Gasteiger partial charge >= 0.3 is 6.03 Å². The number of anilines is 2. The Bertz CT molecular complexity index is 491. The van der Waals surface area contributed by atoms with E-state index in [-0.39, 0.29) is 30.3 Å². The van der Waals surface area contributed by atoms with E-state index in [9.17, 15) is 9.59 Å². The zero-order chi connectivity index (χ0) is 15.7. The van der Waals surface area contributed by atoms with Gasteiger partial charge < -0.3 is 21.3 Å². The van der Waals surface area contributed by atoms with Crippen molar-refractivity contribution in [3.63, 3.8) is 0 Å². The quantitative estimate of drug-likeness (QED) is 0.580. The average molecular weight is 327 g/mol. The number of halogens is 1. The maximum absolute atomic E-state index is 11.8. The van der Waals surface area contributed by atoms with Gasteiger partial charge in [0.25, 0.3) is 0 Å². The van der Waals surface area contributed by atoms with Gasteiger partial charge in [0.15, 0.2) is 0 Å². The van der Waals surface area contributed by atoms with Gasteiger partial charge in [-0.25, -0.2) is 4.79 Å². The van der Waals surface area contributed by atoms with Gasteiger partial charge in [0.1, 0.15) is 0 Å². The summed E-state index contributed by atoms with van der Waals surface area (Å²) in [6.07, 6.45) is 1.60. The molecule has 7 heteroatoms. The monoisotopic (exact) mass is 326 g/mol. The number of benzene rings is 1. The van der Waals surface area contributed by atoms with E-state index in [2.05, 4.69) is 27.8 Å². The second-order valence-corrected chi connectivity index (χ2v) is 4.65. The molecule has 0 heterocycles. The lowest BCUT2D eigenvalue weighted by molar-refractivity contribution is -0.119. The molecule has 0 radical (unpaired) electrons. The molecule has 3 amide bonds. The van der Waals surface area contributed by atoms with Crippen molar-refractivity contribution in [1.82, 2.24) is 10.6 Å². The lowest BCUT2D eigenvalue weighted by Crippen LogP contribution is -2.29. The Hall–Kier alpha value is -2.05. The van der Waals surface area contributed by atoms with E-state index in [0.717, 1.165) is 0 Å². The lowest BCUT2D eigenvalue weighted by Gasteiger charge is -2.12. The van der Waals surface area contributed by atoms with E-state index in [4.69, 9.17) is 0 Å². The number of urea groups is 1. The first-order valence-corrected chi connectivity index (χ1v) is 6.78. The van der Waals surface area contributed by atoms with Crippen LogP contribution in [0.4, 0.5) is 16.2 Å². The first kappa shape index (κ1) is 19.9. The molecule has 22 heavy (non-hydrogen) atoms. The predicted octanol–water partition coefficient (Wildman–Crippen LogP) is 2.21. The summed E-state index contributed by atoms with van der Waals surface area (Å²) < 4.78 is 0. The van der Waals surface area contributed by atoms with E-state index in [1.54, 1.807) is 30.3 Å². The average Bonchev–Trinajstić information content (AvgIpc) is 2.47. The molecule has 0 saturated heterocycles. The molecular formula is C15H23ClN4O2. The second-order valence-electron chi connectivity index (χ2n) is 4.65. The Labute approximate surface area is 137 Å². The topological polar surface area (TPSA) is 82.3 Å². The van der Waals surface area contributed by atoms with Crippen LogP contribution in [0.5, 0.6) is 0 Å². The molecule has 0 bridgehead atoms. The Morgan fingerprint density at radius 1 is 1.18 bits per heavy atom. The minimum Gasteiger partial charge on any atom is -0.334 e. The summed E-state index contributed by atoms with van der Waals surface area (Å²) >= 11 is 0. The highest BCUT2D eigenvalue weighted by molar-refractivity contribution is 5.93. The zero-order valence-corrected chi connectivity index (χ0v) is 13.6. The molecule has 4 N–H and O–H groups in total. The van der Waals surface area contributed by atoms with Crippen molar-refractivity contribution in [2.75, 3.05) is 30.8 Å². The van der Waals surface area contributed by atoms with Crippen LogP contribution < -0.4 is 21.3 Å². The van der Waals surface area contributed by atoms with Crippen LogP contribution in [0.1, 0.15) is 6.92 Å². The normalized spacial score (nSPS) is 10.8. The Balaban J connectivity index is 0.00000441. The molecule has 6 nitrogen and oxygen atoms in total. The van der Waals surface area contributed by atoms with Crippen molar-refractivity contribution in [2.45, 2.75) is 6.92 Å². The van der Waals surface area contributed by atoms with Crippen LogP contribution in [0, 0.1) is 5.92 Å². The molecule has 0 aliphatic heterocycles. The Morgan fingerprint density at radius 2 is 1.73 bits per heavy atom. The van der Waals surface area contributed by atoms with E-state index < -0.39 is 0 Å². The molecular weight excluding hydrogens is 304 g/mol. The number of carbonyl (C=O) groups is 2. The summed E-state index contributed by atoms with van der Waals surface area (Å²) in [4.78, 5) is 23.3. The van der Waals surface area contributed by atoms with Gasteiger partial charge in [0, 0.05) is 30.4 Å². The molecule has 0 fully saturated rings. The third kappa shape index (κ3) is 7.10.